The van der Waals surface area contributed by atoms with Crippen LogP contribution in [0.1, 0.15) is 33.4 Å². The predicted octanol–water partition coefficient (Wildman–Crippen LogP) is 7.33. The normalized spacial score (nSPS) is 16.4. The number of benzene rings is 4. The van der Waals surface area contributed by atoms with Crippen LogP contribution in [0.15, 0.2) is 128 Å². The second-order valence-corrected chi connectivity index (χ2v) is 10.3. The molecule has 43 heavy (non-hydrogen) atoms. The van der Waals surface area contributed by atoms with Gasteiger partial charge in [0.2, 0.25) is 0 Å². The molecule has 5 nitrogen and oxygen atoms in total. The molecule has 0 aliphatic heterocycles. The van der Waals surface area contributed by atoms with Crippen molar-refractivity contribution in [1.29, 1.82) is 0 Å². The molecular weight excluding hydrogens is 536 g/mol. The van der Waals surface area contributed by atoms with Gasteiger partial charge in [-0.25, -0.2) is 4.79 Å². The van der Waals surface area contributed by atoms with E-state index in [0.717, 1.165) is 34.9 Å². The summed E-state index contributed by atoms with van der Waals surface area (Å²) in [6.07, 6.45) is 6.24. The molecule has 1 unspecified atom stereocenters. The second kappa shape index (κ2) is 13.9. The Morgan fingerprint density at radius 3 is 1.95 bits per heavy atom. The summed E-state index contributed by atoms with van der Waals surface area (Å²) in [6.45, 7) is 9.50. The summed E-state index contributed by atoms with van der Waals surface area (Å²) in [4.78, 5) is 11.4. The fourth-order valence-corrected chi connectivity index (χ4v) is 5.65. The van der Waals surface area contributed by atoms with Crippen molar-refractivity contribution < 1.29 is 23.7 Å². The molecule has 0 aromatic heterocycles. The molecule has 1 atom stereocenters. The van der Waals surface area contributed by atoms with Crippen molar-refractivity contribution in [3.63, 3.8) is 0 Å². The van der Waals surface area contributed by atoms with Crippen LogP contribution in [0.2, 0.25) is 0 Å². The molecule has 0 spiro atoms. The average molecular weight is 573 g/mol. The molecule has 0 saturated heterocycles. The van der Waals surface area contributed by atoms with E-state index < -0.39 is 11.4 Å². The van der Waals surface area contributed by atoms with Gasteiger partial charge >= 0.3 is 5.97 Å². The van der Waals surface area contributed by atoms with E-state index in [1.54, 1.807) is 7.11 Å². The van der Waals surface area contributed by atoms with Gasteiger partial charge in [-0.3, -0.25) is 0 Å². The molecule has 0 saturated carbocycles. The van der Waals surface area contributed by atoms with Crippen molar-refractivity contribution in [2.45, 2.75) is 11.8 Å². The third-order valence-electron chi connectivity index (χ3n) is 7.70. The molecule has 0 N–H and O–H groups in total. The van der Waals surface area contributed by atoms with E-state index >= 15 is 0 Å². The molecule has 4 aromatic carbocycles. The minimum Gasteiger partial charge on any atom is -0.491 e. The number of carbonyl (C=O) groups excluding carboxylic acids is 1. The molecule has 0 heterocycles. The second-order valence-electron chi connectivity index (χ2n) is 10.3. The number of carbonyl (C=O) groups is 1. The van der Waals surface area contributed by atoms with Gasteiger partial charge in [0.05, 0.1) is 12.0 Å². The zero-order valence-corrected chi connectivity index (χ0v) is 24.5. The average Bonchev–Trinajstić information content (AvgIpc) is 3.09. The van der Waals surface area contributed by atoms with Crippen molar-refractivity contribution >= 4 is 12.0 Å². The molecule has 0 amide bonds. The fourth-order valence-electron chi connectivity index (χ4n) is 5.65. The van der Waals surface area contributed by atoms with Crippen LogP contribution in [0.25, 0.3) is 6.08 Å². The van der Waals surface area contributed by atoms with Gasteiger partial charge in [0.25, 0.3) is 0 Å². The minimum absolute atomic E-state index is 0.144. The smallest absolute Gasteiger partial charge is 0.330 e. The van der Waals surface area contributed by atoms with E-state index in [9.17, 15) is 4.79 Å². The fraction of sp³-hybridized carbons (Fsp3) is 0.184. The van der Waals surface area contributed by atoms with Crippen LogP contribution >= 0.6 is 0 Å². The van der Waals surface area contributed by atoms with E-state index in [2.05, 4.69) is 91.5 Å². The summed E-state index contributed by atoms with van der Waals surface area (Å²) in [7, 11) is 1.66. The Morgan fingerprint density at radius 2 is 1.33 bits per heavy atom. The van der Waals surface area contributed by atoms with E-state index in [4.69, 9.17) is 25.5 Å². The molecule has 0 bridgehead atoms. The standard InChI is InChI=1S/C38H36O5/c1-4-37(39)43-26-25-42-35-21-17-33(18-22-35)38(32-15-19-34(20-16-32)41-24-23-40-3)28(2)13-14-29-9-5-6-10-30(29)27-31-11-7-8-12-36(31)38/h4-22H,1-2,23-27H2,3H3/b14-13-. The number of esters is 1. The lowest BCUT2D eigenvalue weighted by atomic mass is 9.63. The molecule has 4 aromatic rings. The first kappa shape index (κ1) is 29.6. The highest BCUT2D eigenvalue weighted by atomic mass is 16.6. The SMILES string of the molecule is C=CC(=O)OCCOc1ccc(C2(c3ccc(OCCOC)cc3)C(=C)/C=C\c3ccccc3Cc3ccccc32)cc1. The van der Waals surface area contributed by atoms with E-state index in [0.29, 0.717) is 19.0 Å². The van der Waals surface area contributed by atoms with Crippen LogP contribution in [0.5, 0.6) is 11.5 Å². The highest BCUT2D eigenvalue weighted by molar-refractivity contribution is 5.81. The van der Waals surface area contributed by atoms with E-state index in [1.807, 2.05) is 24.3 Å². The van der Waals surface area contributed by atoms with Crippen molar-refractivity contribution in [2.24, 2.45) is 0 Å². The lowest BCUT2D eigenvalue weighted by Gasteiger charge is -2.38. The monoisotopic (exact) mass is 572 g/mol. The number of fused-ring (bicyclic) bond motifs is 2. The Kier molecular flexibility index (Phi) is 9.55. The van der Waals surface area contributed by atoms with Crippen molar-refractivity contribution in [2.75, 3.05) is 33.5 Å². The van der Waals surface area contributed by atoms with Crippen LogP contribution in [0, 0.1) is 0 Å². The minimum atomic E-state index is -0.696. The molecule has 5 rings (SSSR count). The van der Waals surface area contributed by atoms with Crippen LogP contribution in [-0.4, -0.2) is 39.5 Å². The topological polar surface area (TPSA) is 54.0 Å². The molecule has 5 heteroatoms. The van der Waals surface area contributed by atoms with Gasteiger partial charge in [0, 0.05) is 13.2 Å². The highest BCUT2D eigenvalue weighted by Gasteiger charge is 2.40. The maximum Gasteiger partial charge on any atom is 0.330 e. The van der Waals surface area contributed by atoms with E-state index in [-0.39, 0.29) is 13.2 Å². The quantitative estimate of drug-likeness (QED) is 0.107. The number of ether oxygens (including phenoxy) is 4. The lowest BCUT2D eigenvalue weighted by molar-refractivity contribution is -0.138. The van der Waals surface area contributed by atoms with Crippen LogP contribution < -0.4 is 9.47 Å². The van der Waals surface area contributed by atoms with Crippen molar-refractivity contribution in [1.82, 2.24) is 0 Å². The van der Waals surface area contributed by atoms with Crippen LogP contribution in [0.3, 0.4) is 0 Å². The molecule has 1 aliphatic rings. The number of rotatable bonds is 11. The summed E-state index contributed by atoms with van der Waals surface area (Å²) in [5.41, 5.74) is 7.20. The van der Waals surface area contributed by atoms with Gasteiger partial charge in [0.15, 0.2) is 0 Å². The Bertz CT molecular complexity index is 1600. The maximum atomic E-state index is 11.4. The van der Waals surface area contributed by atoms with E-state index in [1.165, 1.54) is 22.3 Å². The predicted molar refractivity (Wildman–Crippen MR) is 171 cm³/mol. The van der Waals surface area contributed by atoms with Crippen molar-refractivity contribution in [3.8, 4) is 11.5 Å². The zero-order chi connectivity index (χ0) is 30.1. The van der Waals surface area contributed by atoms with Gasteiger partial charge in [-0.05, 0) is 69.6 Å². The molecule has 0 radical (unpaired) electrons. The van der Waals surface area contributed by atoms with Crippen LogP contribution in [-0.2, 0) is 26.1 Å². The zero-order valence-electron chi connectivity index (χ0n) is 24.5. The number of hydrogen-bond donors (Lipinski definition) is 0. The van der Waals surface area contributed by atoms with Gasteiger partial charge in [-0.2, -0.15) is 0 Å². The molecule has 218 valence electrons. The van der Waals surface area contributed by atoms with Crippen molar-refractivity contribution in [3.05, 3.63) is 161 Å². The summed E-state index contributed by atoms with van der Waals surface area (Å²) in [5, 5.41) is 0. The van der Waals surface area contributed by atoms with Gasteiger partial charge in [-0.1, -0.05) is 98.1 Å². The number of methoxy groups -OCH3 is 1. The van der Waals surface area contributed by atoms with Gasteiger partial charge in [-0.15, -0.1) is 0 Å². The van der Waals surface area contributed by atoms with Crippen LogP contribution in [0.4, 0.5) is 0 Å². The maximum absolute atomic E-state index is 11.4. The first-order valence-corrected chi connectivity index (χ1v) is 14.3. The highest BCUT2D eigenvalue weighted by Crippen LogP contribution is 2.48. The summed E-state index contributed by atoms with van der Waals surface area (Å²) >= 11 is 0. The molecule has 0 fully saturated rings. The number of allylic oxidation sites excluding steroid dienone is 2. The van der Waals surface area contributed by atoms with Gasteiger partial charge in [0.1, 0.15) is 31.3 Å². The Balaban J connectivity index is 1.61. The Hall–Kier alpha value is -4.87. The third kappa shape index (κ3) is 6.47. The third-order valence-corrected chi connectivity index (χ3v) is 7.70. The van der Waals surface area contributed by atoms with Gasteiger partial charge < -0.3 is 18.9 Å². The molecular formula is C38H36O5. The summed E-state index contributed by atoms with van der Waals surface area (Å²) in [6, 6.07) is 33.5. The molecule has 1 aliphatic carbocycles. The first-order chi connectivity index (χ1) is 21.1. The first-order valence-electron chi connectivity index (χ1n) is 14.3. The largest absolute Gasteiger partial charge is 0.491 e. The Morgan fingerprint density at radius 1 is 0.744 bits per heavy atom. The lowest BCUT2D eigenvalue weighted by Crippen LogP contribution is -2.32. The number of hydrogen-bond acceptors (Lipinski definition) is 5. The Labute approximate surface area is 253 Å². The summed E-state index contributed by atoms with van der Waals surface area (Å²) in [5.74, 6) is 0.991. The summed E-state index contributed by atoms with van der Waals surface area (Å²) < 4.78 is 22.0.